The molecule has 286 valence electrons. The average molecular weight is 704 g/mol. The van der Waals surface area contributed by atoms with Gasteiger partial charge in [-0.1, -0.05) is 41.5 Å². The van der Waals surface area contributed by atoms with Gasteiger partial charge in [-0.2, -0.15) is 0 Å². The van der Waals surface area contributed by atoms with Crippen LogP contribution in [0.4, 0.5) is 4.79 Å². The van der Waals surface area contributed by atoms with Crippen molar-refractivity contribution in [2.75, 3.05) is 14.2 Å². The van der Waals surface area contributed by atoms with E-state index in [0.29, 0.717) is 5.92 Å². The number of carbonyl (C=O) groups excluding carboxylic acids is 2. The maximum absolute atomic E-state index is 14.0. The number of hydrogen-bond donors (Lipinski definition) is 2. The minimum absolute atomic E-state index is 0.00938. The molecule has 5 aliphatic carbocycles. The van der Waals surface area contributed by atoms with Gasteiger partial charge in [-0.25, -0.2) is 9.59 Å². The molecule has 1 aliphatic heterocycles. The lowest BCUT2D eigenvalue weighted by Gasteiger charge is -2.64. The molecule has 50 heavy (non-hydrogen) atoms. The fraction of sp³-hybridized carbons (Fsp3) is 0.951. The number of aliphatic hydroxyl groups is 2. The maximum Gasteiger partial charge on any atom is 0.410 e. The van der Waals surface area contributed by atoms with Crippen LogP contribution in [0.25, 0.3) is 0 Å². The van der Waals surface area contributed by atoms with Crippen molar-refractivity contribution in [3.8, 4) is 0 Å². The van der Waals surface area contributed by atoms with E-state index < -0.39 is 29.4 Å². The quantitative estimate of drug-likeness (QED) is 0.269. The second kappa shape index (κ2) is 12.0. The molecule has 9 nitrogen and oxygen atoms in total. The van der Waals surface area contributed by atoms with Gasteiger partial charge in [0.1, 0.15) is 17.7 Å². The van der Waals surface area contributed by atoms with Gasteiger partial charge >= 0.3 is 12.1 Å². The summed E-state index contributed by atoms with van der Waals surface area (Å²) < 4.78 is 25.2. The number of fused-ring (bicyclic) bond motifs is 2. The Labute approximate surface area is 301 Å². The number of esters is 1. The Kier molecular flexibility index (Phi) is 9.23. The van der Waals surface area contributed by atoms with Gasteiger partial charge < -0.3 is 29.2 Å². The number of methoxy groups -OCH3 is 1. The zero-order chi connectivity index (χ0) is 37.2. The molecule has 1 saturated heterocycles. The molecule has 1 heterocycles. The molecule has 0 aromatic carbocycles. The van der Waals surface area contributed by atoms with Crippen LogP contribution in [0.5, 0.6) is 0 Å². The molecule has 13 atom stereocenters. The lowest BCUT2D eigenvalue weighted by atomic mass is 9.41. The highest BCUT2D eigenvalue weighted by molar-refractivity contribution is 5.82. The highest BCUT2D eigenvalue weighted by Crippen LogP contribution is 2.89. The molecule has 6 rings (SSSR count). The topological polar surface area (TPSA) is 115 Å². The first-order valence-electron chi connectivity index (χ1n) is 19.7. The Balaban J connectivity index is 1.24. The van der Waals surface area contributed by atoms with E-state index in [1.54, 1.807) is 7.05 Å². The van der Waals surface area contributed by atoms with Crippen LogP contribution in [0.2, 0.25) is 0 Å². The molecule has 3 unspecified atom stereocenters. The van der Waals surface area contributed by atoms with Crippen molar-refractivity contribution >= 4 is 12.1 Å². The molecule has 0 aromatic heterocycles. The predicted molar refractivity (Wildman–Crippen MR) is 191 cm³/mol. The first-order chi connectivity index (χ1) is 22.9. The van der Waals surface area contributed by atoms with E-state index in [1.165, 1.54) is 11.3 Å². The summed E-state index contributed by atoms with van der Waals surface area (Å²) in [5.41, 5.74) is -1.75. The van der Waals surface area contributed by atoms with Crippen LogP contribution in [0, 0.1) is 50.7 Å². The van der Waals surface area contributed by atoms with E-state index in [4.69, 9.17) is 18.9 Å². The van der Waals surface area contributed by atoms with E-state index in [0.717, 1.165) is 51.4 Å². The van der Waals surface area contributed by atoms with Crippen LogP contribution in [0.15, 0.2) is 0 Å². The van der Waals surface area contributed by atoms with Gasteiger partial charge in [-0.05, 0) is 132 Å². The Bertz CT molecular complexity index is 1330. The van der Waals surface area contributed by atoms with Crippen LogP contribution in [-0.4, -0.2) is 89.1 Å². The summed E-state index contributed by atoms with van der Waals surface area (Å²) in [6.45, 7) is 22.5. The minimum Gasteiger partial charge on any atom is -0.460 e. The normalized spacial score (nSPS) is 45.5. The number of ether oxygens (including phenoxy) is 4. The molecule has 5 saturated carbocycles. The number of carbonyl (C=O) groups is 2. The molecule has 2 spiro atoms. The molecular weight excluding hydrogens is 634 g/mol. The van der Waals surface area contributed by atoms with Gasteiger partial charge in [0.15, 0.2) is 0 Å². The molecular formula is C41H69NO8. The van der Waals surface area contributed by atoms with E-state index in [-0.39, 0.29) is 75.2 Å². The molecule has 2 N–H and O–H groups in total. The smallest absolute Gasteiger partial charge is 0.410 e. The van der Waals surface area contributed by atoms with Crippen LogP contribution >= 0.6 is 0 Å². The van der Waals surface area contributed by atoms with Crippen LogP contribution in [0.3, 0.4) is 0 Å². The standard InChI is InChI=1S/C41H69NO8/c1-23(2)31(42(12)34(45)50-35(3,4)5)33(44)49-28-16-17-41-22-40(41)19-18-38(10)30(25-14-15-29(48-25)37(8,9)46)24(43)21-39(38,11)27(40)20-26(47-13)32(41)36(28,6)7/h23-32,43,46H,14-22H2,1-13H3/t24-,25?,26-,27?,28-,29-,30+,31-,32-,38+,39-,40?,41+/m0/s1. The van der Waals surface area contributed by atoms with Gasteiger partial charge in [0.25, 0.3) is 0 Å². The Morgan fingerprint density at radius 2 is 1.60 bits per heavy atom. The molecule has 9 heteroatoms. The number of rotatable bonds is 7. The number of nitrogens with zero attached hydrogens (tertiary/aromatic N) is 1. The summed E-state index contributed by atoms with van der Waals surface area (Å²) in [5.74, 6) is 0.173. The summed E-state index contributed by atoms with van der Waals surface area (Å²) in [7, 11) is 3.48. The first kappa shape index (κ1) is 38.3. The predicted octanol–water partition coefficient (Wildman–Crippen LogP) is 7.14. The first-order valence-corrected chi connectivity index (χ1v) is 19.7. The lowest BCUT2D eigenvalue weighted by Crippen LogP contribution is -2.62. The van der Waals surface area contributed by atoms with Crippen molar-refractivity contribution in [2.24, 2.45) is 50.7 Å². The molecule has 6 aliphatic rings. The molecule has 0 aromatic rings. The SMILES string of the molecule is CO[C@H]1CC2C3(CC[C@]4(C)[C@@H](C5CC[C@@H](C(C)(C)O)O5)[C@@H](O)C[C@@]24C)C[C@@]32CC[C@H](OC(=O)[C@H](C(C)C)N(C)C(=O)OC(C)(C)C)C(C)(C)[C@H]12. The lowest BCUT2D eigenvalue weighted by molar-refractivity contribution is -0.217. The summed E-state index contributed by atoms with van der Waals surface area (Å²) in [6, 6.07) is -0.752. The Morgan fingerprint density at radius 1 is 0.940 bits per heavy atom. The van der Waals surface area contributed by atoms with Crippen molar-refractivity contribution < 1.29 is 38.7 Å². The van der Waals surface area contributed by atoms with Gasteiger partial charge in [0, 0.05) is 25.5 Å². The molecule has 1 amide bonds. The molecule has 0 bridgehead atoms. The molecule has 0 radical (unpaired) electrons. The zero-order valence-electron chi connectivity index (χ0n) is 33.4. The number of likely N-dealkylation sites (N-methyl/N-ethyl adjacent to an activating group) is 1. The third-order valence-corrected chi connectivity index (χ3v) is 15.8. The largest absolute Gasteiger partial charge is 0.460 e. The summed E-state index contributed by atoms with van der Waals surface area (Å²) in [6.07, 6.45) is 7.06. The third kappa shape index (κ3) is 5.51. The van der Waals surface area contributed by atoms with Crippen molar-refractivity contribution in [3.05, 3.63) is 0 Å². The van der Waals surface area contributed by atoms with Gasteiger partial charge in [-0.3, -0.25) is 4.90 Å². The zero-order valence-corrected chi connectivity index (χ0v) is 33.4. The fourth-order valence-corrected chi connectivity index (χ4v) is 13.5. The number of hydrogen-bond acceptors (Lipinski definition) is 8. The van der Waals surface area contributed by atoms with Gasteiger partial charge in [0.2, 0.25) is 0 Å². The monoisotopic (exact) mass is 704 g/mol. The van der Waals surface area contributed by atoms with Crippen LogP contribution in [0.1, 0.15) is 134 Å². The number of amides is 1. The highest BCUT2D eigenvalue weighted by atomic mass is 16.6. The maximum atomic E-state index is 14.0. The van der Waals surface area contributed by atoms with Crippen molar-refractivity contribution in [1.82, 2.24) is 4.90 Å². The van der Waals surface area contributed by atoms with E-state index in [1.807, 2.05) is 55.6 Å². The third-order valence-electron chi connectivity index (χ3n) is 15.8. The summed E-state index contributed by atoms with van der Waals surface area (Å²) >= 11 is 0. The number of aliphatic hydroxyl groups excluding tert-OH is 1. The summed E-state index contributed by atoms with van der Waals surface area (Å²) in [5, 5.41) is 22.6. The van der Waals surface area contributed by atoms with E-state index >= 15 is 0 Å². The average Bonchev–Trinajstić information content (AvgIpc) is 3.23. The van der Waals surface area contributed by atoms with Gasteiger partial charge in [0.05, 0.1) is 30.0 Å². The molecule has 6 fully saturated rings. The van der Waals surface area contributed by atoms with Crippen LogP contribution < -0.4 is 0 Å². The van der Waals surface area contributed by atoms with E-state index in [9.17, 15) is 19.8 Å². The fourth-order valence-electron chi connectivity index (χ4n) is 13.5. The second-order valence-corrected chi connectivity index (χ2v) is 20.6. The van der Waals surface area contributed by atoms with Crippen LogP contribution in [-0.2, 0) is 23.7 Å². The summed E-state index contributed by atoms with van der Waals surface area (Å²) in [4.78, 5) is 28.4. The second-order valence-electron chi connectivity index (χ2n) is 20.6. The minimum atomic E-state index is -0.896. The Morgan fingerprint density at radius 3 is 2.16 bits per heavy atom. The van der Waals surface area contributed by atoms with Crippen molar-refractivity contribution in [1.29, 1.82) is 0 Å². The van der Waals surface area contributed by atoms with Gasteiger partial charge in [-0.15, -0.1) is 0 Å². The van der Waals surface area contributed by atoms with Crippen molar-refractivity contribution in [3.63, 3.8) is 0 Å². The Hall–Kier alpha value is -1.42. The van der Waals surface area contributed by atoms with Crippen molar-refractivity contribution in [2.45, 2.75) is 182 Å². The van der Waals surface area contributed by atoms with E-state index in [2.05, 4.69) is 27.7 Å². The highest BCUT2D eigenvalue weighted by Gasteiger charge is 2.84.